The van der Waals surface area contributed by atoms with Gasteiger partial charge in [0.05, 0.1) is 11.9 Å². The van der Waals surface area contributed by atoms with Crippen LogP contribution in [0, 0.1) is 6.92 Å². The average molecular weight is 442 g/mol. The number of ether oxygens (including phenoxy) is 1. The summed E-state index contributed by atoms with van der Waals surface area (Å²) in [7, 11) is 0. The van der Waals surface area contributed by atoms with Gasteiger partial charge in [0.2, 0.25) is 5.89 Å². The van der Waals surface area contributed by atoms with Gasteiger partial charge < -0.3 is 9.26 Å². The van der Waals surface area contributed by atoms with E-state index in [-0.39, 0.29) is 5.25 Å². The zero-order valence-corrected chi connectivity index (χ0v) is 18.3. The van der Waals surface area contributed by atoms with E-state index in [1.807, 2.05) is 66.9 Å². The first-order chi connectivity index (χ1) is 14.5. The fourth-order valence-corrected chi connectivity index (χ4v) is 4.03. The van der Waals surface area contributed by atoms with E-state index >= 15 is 0 Å². The molecule has 4 rings (SSSR count). The molecule has 154 valence electrons. The first kappa shape index (κ1) is 20.4. The van der Waals surface area contributed by atoms with Crippen molar-refractivity contribution in [1.82, 2.24) is 24.9 Å². The summed E-state index contributed by atoms with van der Waals surface area (Å²) in [6.07, 6.45) is 0. The Hall–Kier alpha value is -2.84. The topological polar surface area (TPSA) is 78.9 Å². The van der Waals surface area contributed by atoms with Gasteiger partial charge in [-0.2, -0.15) is 4.98 Å². The fourth-order valence-electron chi connectivity index (χ4n) is 2.94. The molecule has 0 fully saturated rings. The molecule has 2 aromatic heterocycles. The lowest BCUT2D eigenvalue weighted by atomic mass is 10.2. The van der Waals surface area contributed by atoms with E-state index in [9.17, 15) is 0 Å². The van der Waals surface area contributed by atoms with Gasteiger partial charge in [-0.1, -0.05) is 40.7 Å². The summed E-state index contributed by atoms with van der Waals surface area (Å²) >= 11 is 7.71. The highest BCUT2D eigenvalue weighted by Gasteiger charge is 2.22. The first-order valence-corrected chi connectivity index (χ1v) is 10.7. The Morgan fingerprint density at radius 3 is 2.63 bits per heavy atom. The molecule has 0 unspecified atom stereocenters. The monoisotopic (exact) mass is 441 g/mol. The van der Waals surface area contributed by atoms with Crippen LogP contribution in [0.25, 0.3) is 17.1 Å². The van der Waals surface area contributed by atoms with E-state index in [1.165, 1.54) is 11.8 Å². The predicted molar refractivity (Wildman–Crippen MR) is 116 cm³/mol. The van der Waals surface area contributed by atoms with Crippen LogP contribution >= 0.6 is 23.4 Å². The number of benzene rings is 2. The third-order valence-corrected chi connectivity index (χ3v) is 5.56. The molecule has 0 saturated heterocycles. The molecule has 0 saturated carbocycles. The van der Waals surface area contributed by atoms with Crippen LogP contribution in [0.15, 0.2) is 58.2 Å². The van der Waals surface area contributed by atoms with Crippen LogP contribution in [0.2, 0.25) is 5.02 Å². The molecule has 0 spiro atoms. The van der Waals surface area contributed by atoms with E-state index in [0.29, 0.717) is 34.3 Å². The standard InChI is InChI=1S/C21H20ClN5O2S/c1-4-28-18-10-8-17(9-11-18)27-19(15-6-5-7-16(22)12-15)24-25-21(27)30-13(2)20-23-14(3)26-29-20/h5-13H,4H2,1-3H3/t13-/m1/s1. The van der Waals surface area contributed by atoms with Crippen LogP contribution in [-0.4, -0.2) is 31.5 Å². The molecule has 0 amide bonds. The number of hydrogen-bond donors (Lipinski definition) is 0. The molecule has 0 bridgehead atoms. The number of thioether (sulfide) groups is 1. The van der Waals surface area contributed by atoms with Crippen LogP contribution in [0.1, 0.15) is 30.8 Å². The molecule has 9 heteroatoms. The quantitative estimate of drug-likeness (QED) is 0.349. The lowest BCUT2D eigenvalue weighted by Crippen LogP contribution is -2.01. The lowest BCUT2D eigenvalue weighted by Gasteiger charge is -2.13. The van der Waals surface area contributed by atoms with Crippen molar-refractivity contribution in [2.75, 3.05) is 6.61 Å². The minimum atomic E-state index is -0.0935. The SMILES string of the molecule is CCOc1ccc(-n2c(S[C@H](C)c3nc(C)no3)nnc2-c2cccc(Cl)c2)cc1. The zero-order valence-electron chi connectivity index (χ0n) is 16.7. The van der Waals surface area contributed by atoms with Crippen molar-refractivity contribution in [1.29, 1.82) is 0 Å². The molecule has 0 N–H and O–H groups in total. The summed E-state index contributed by atoms with van der Waals surface area (Å²) in [5.74, 6) is 2.65. The van der Waals surface area contributed by atoms with Gasteiger partial charge in [-0.05, 0) is 57.2 Å². The number of halogens is 1. The average Bonchev–Trinajstić information content (AvgIpc) is 3.35. The van der Waals surface area contributed by atoms with Gasteiger partial charge in [-0.3, -0.25) is 4.57 Å². The van der Waals surface area contributed by atoms with Gasteiger partial charge in [0, 0.05) is 16.3 Å². The predicted octanol–water partition coefficient (Wildman–Crippen LogP) is 5.53. The first-order valence-electron chi connectivity index (χ1n) is 9.46. The Morgan fingerprint density at radius 2 is 1.97 bits per heavy atom. The molecule has 0 aliphatic rings. The largest absolute Gasteiger partial charge is 0.494 e. The number of nitrogens with zero attached hydrogens (tertiary/aromatic N) is 5. The maximum Gasteiger partial charge on any atom is 0.239 e. The van der Waals surface area contributed by atoms with Crippen LogP contribution < -0.4 is 4.74 Å². The van der Waals surface area contributed by atoms with Gasteiger partial charge in [0.25, 0.3) is 0 Å². The Morgan fingerprint density at radius 1 is 1.17 bits per heavy atom. The Kier molecular flexibility index (Phi) is 6.06. The molecule has 1 atom stereocenters. The summed E-state index contributed by atoms with van der Waals surface area (Å²) in [6.45, 7) is 6.36. The van der Waals surface area contributed by atoms with Crippen LogP contribution in [0.4, 0.5) is 0 Å². The second-order valence-electron chi connectivity index (χ2n) is 6.52. The summed E-state index contributed by atoms with van der Waals surface area (Å²) in [5.41, 5.74) is 1.78. The fraction of sp³-hybridized carbons (Fsp3) is 0.238. The second kappa shape index (κ2) is 8.89. The summed E-state index contributed by atoms with van der Waals surface area (Å²) in [6, 6.07) is 15.4. The summed E-state index contributed by atoms with van der Waals surface area (Å²) in [4.78, 5) is 4.33. The number of rotatable bonds is 7. The van der Waals surface area contributed by atoms with Crippen LogP contribution in [0.5, 0.6) is 5.75 Å². The van der Waals surface area contributed by atoms with E-state index in [0.717, 1.165) is 17.0 Å². The van der Waals surface area contributed by atoms with E-state index in [2.05, 4.69) is 20.3 Å². The van der Waals surface area contributed by atoms with Crippen molar-refractivity contribution in [3.8, 4) is 22.8 Å². The van der Waals surface area contributed by atoms with Crippen molar-refractivity contribution in [2.24, 2.45) is 0 Å². The molecule has 0 aliphatic heterocycles. The molecule has 0 aliphatic carbocycles. The summed E-state index contributed by atoms with van der Waals surface area (Å²) < 4.78 is 12.9. The molecule has 2 heterocycles. The van der Waals surface area contributed by atoms with Crippen LogP contribution in [0.3, 0.4) is 0 Å². The van der Waals surface area contributed by atoms with Crippen molar-refractivity contribution >= 4 is 23.4 Å². The van der Waals surface area contributed by atoms with Gasteiger partial charge in [-0.15, -0.1) is 10.2 Å². The maximum absolute atomic E-state index is 6.22. The molecule has 0 radical (unpaired) electrons. The Labute approximate surface area is 183 Å². The molecule has 4 aromatic rings. The van der Waals surface area contributed by atoms with E-state index in [4.69, 9.17) is 20.9 Å². The zero-order chi connectivity index (χ0) is 21.1. The van der Waals surface area contributed by atoms with Gasteiger partial charge >= 0.3 is 0 Å². The highest BCUT2D eigenvalue weighted by Crippen LogP contribution is 2.36. The molecular weight excluding hydrogens is 422 g/mol. The Bertz CT molecular complexity index is 1140. The van der Waals surface area contributed by atoms with E-state index < -0.39 is 0 Å². The van der Waals surface area contributed by atoms with Crippen molar-refractivity contribution in [2.45, 2.75) is 31.2 Å². The number of aryl methyl sites for hydroxylation is 1. The molecule has 7 nitrogen and oxygen atoms in total. The van der Waals surface area contributed by atoms with Gasteiger partial charge in [0.15, 0.2) is 16.8 Å². The molecular formula is C21H20ClN5O2S. The number of aromatic nitrogens is 5. The van der Waals surface area contributed by atoms with Crippen LogP contribution in [-0.2, 0) is 0 Å². The van der Waals surface area contributed by atoms with Crippen molar-refractivity contribution in [3.63, 3.8) is 0 Å². The maximum atomic E-state index is 6.22. The minimum Gasteiger partial charge on any atom is -0.494 e. The van der Waals surface area contributed by atoms with Crippen molar-refractivity contribution < 1.29 is 9.26 Å². The second-order valence-corrected chi connectivity index (χ2v) is 8.26. The van der Waals surface area contributed by atoms with Gasteiger partial charge in [-0.25, -0.2) is 0 Å². The van der Waals surface area contributed by atoms with E-state index in [1.54, 1.807) is 6.92 Å². The molecule has 2 aromatic carbocycles. The van der Waals surface area contributed by atoms with Gasteiger partial charge in [0.1, 0.15) is 5.75 Å². The smallest absolute Gasteiger partial charge is 0.239 e. The normalized spacial score (nSPS) is 12.1. The van der Waals surface area contributed by atoms with Crippen molar-refractivity contribution in [3.05, 3.63) is 65.3 Å². The lowest BCUT2D eigenvalue weighted by molar-refractivity contribution is 0.340. The molecule has 30 heavy (non-hydrogen) atoms. The number of hydrogen-bond acceptors (Lipinski definition) is 7. The third-order valence-electron chi connectivity index (χ3n) is 4.30. The highest BCUT2D eigenvalue weighted by molar-refractivity contribution is 7.99. The minimum absolute atomic E-state index is 0.0935. The Balaban J connectivity index is 1.76. The third kappa shape index (κ3) is 4.34. The summed E-state index contributed by atoms with van der Waals surface area (Å²) in [5, 5.41) is 14.0. The highest BCUT2D eigenvalue weighted by atomic mass is 35.5.